The van der Waals surface area contributed by atoms with Crippen molar-refractivity contribution in [2.75, 3.05) is 29.7 Å². The summed E-state index contributed by atoms with van der Waals surface area (Å²) in [5, 5.41) is 32.0. The molecule has 5 rings (SSSR count). The Morgan fingerprint density at radius 3 is 2.59 bits per heavy atom. The molecule has 11 heteroatoms. The van der Waals surface area contributed by atoms with Gasteiger partial charge in [-0.1, -0.05) is 36.4 Å². The predicted molar refractivity (Wildman–Crippen MR) is 167 cm³/mol. The Bertz CT molecular complexity index is 1650. The van der Waals surface area contributed by atoms with Crippen molar-refractivity contribution in [3.63, 3.8) is 0 Å². The maximum absolute atomic E-state index is 13.9. The minimum atomic E-state index is -1.80. The number of methoxy groups -OCH3 is 1. The van der Waals surface area contributed by atoms with Gasteiger partial charge in [-0.3, -0.25) is 14.3 Å². The van der Waals surface area contributed by atoms with Crippen molar-refractivity contribution in [2.45, 2.75) is 38.5 Å². The third kappa shape index (κ3) is 6.34. The third-order valence-corrected chi connectivity index (χ3v) is 7.76. The number of nitrogens with one attached hydrogen (secondary N) is 1. The zero-order valence-electron chi connectivity index (χ0n) is 24.7. The molecule has 2 atom stereocenters. The Hall–Kier alpha value is -5.00. The van der Waals surface area contributed by atoms with E-state index in [4.69, 9.17) is 15.6 Å². The number of nitrogen functional groups attached to an aromatic ring is 1. The molecule has 0 unspecified atom stereocenters. The van der Waals surface area contributed by atoms with Crippen LogP contribution < -0.4 is 20.7 Å². The van der Waals surface area contributed by atoms with Crippen LogP contribution in [-0.2, 0) is 29.9 Å². The van der Waals surface area contributed by atoms with Crippen molar-refractivity contribution in [2.24, 2.45) is 5.92 Å². The summed E-state index contributed by atoms with van der Waals surface area (Å²) in [5.41, 5.74) is 8.24. The summed E-state index contributed by atoms with van der Waals surface area (Å²) in [4.78, 5) is 28.1. The van der Waals surface area contributed by atoms with E-state index >= 15 is 0 Å². The normalized spacial score (nSPS) is 16.7. The maximum Gasteiger partial charge on any atom is 0.264 e. The van der Waals surface area contributed by atoms with Crippen molar-refractivity contribution in [1.29, 1.82) is 0 Å². The summed E-state index contributed by atoms with van der Waals surface area (Å²) in [7, 11) is 1.54. The van der Waals surface area contributed by atoms with Crippen LogP contribution in [0.1, 0.15) is 40.5 Å². The number of ether oxygens (including phenoxy) is 1. The standard InChI is InChI=1S/C33H36N6O5/c1-22(5-3-4-17-38-21-27(16-18-40)36-37-38)33(43)29-19-28(44-2)14-15-30(29)39(32(33)42)20-23-6-12-26(13-7-23)35-31(41)24-8-10-25(34)11-9-24/h3,5-15,19,21-22,40,43H,4,16-18,20,34H2,1-2H3,(H,35,41)/b5-3+/t22-,33+/m0/s1. The summed E-state index contributed by atoms with van der Waals surface area (Å²) in [5.74, 6) is -0.685. The van der Waals surface area contributed by atoms with Crippen LogP contribution in [0.3, 0.4) is 0 Å². The molecule has 0 bridgehead atoms. The Kier molecular flexibility index (Phi) is 9.07. The fraction of sp³-hybridized carbons (Fsp3) is 0.273. The van der Waals surface area contributed by atoms with Crippen molar-refractivity contribution in [1.82, 2.24) is 15.0 Å². The minimum Gasteiger partial charge on any atom is -0.497 e. The van der Waals surface area contributed by atoms with Crippen LogP contribution in [0.2, 0.25) is 0 Å². The highest BCUT2D eigenvalue weighted by Gasteiger charge is 2.52. The first kappa shape index (κ1) is 30.5. The Morgan fingerprint density at radius 1 is 1.14 bits per heavy atom. The average Bonchev–Trinajstić information content (AvgIpc) is 3.57. The number of aryl methyl sites for hydroxylation is 1. The number of aliphatic hydroxyl groups is 2. The van der Waals surface area contributed by atoms with E-state index in [1.54, 1.807) is 77.5 Å². The summed E-state index contributed by atoms with van der Waals surface area (Å²) in [6, 6.07) is 19.2. The van der Waals surface area contributed by atoms with Gasteiger partial charge in [-0.15, -0.1) is 5.10 Å². The van der Waals surface area contributed by atoms with E-state index in [9.17, 15) is 14.7 Å². The highest BCUT2D eigenvalue weighted by Crippen LogP contribution is 2.47. The van der Waals surface area contributed by atoms with Crippen LogP contribution in [0, 0.1) is 5.92 Å². The molecule has 4 aromatic rings. The number of rotatable bonds is 12. The fourth-order valence-electron chi connectivity index (χ4n) is 5.25. The van der Waals surface area contributed by atoms with Gasteiger partial charge < -0.3 is 30.9 Å². The molecule has 1 aromatic heterocycles. The first-order valence-corrected chi connectivity index (χ1v) is 14.4. The van der Waals surface area contributed by atoms with Crippen LogP contribution >= 0.6 is 0 Å². The number of benzene rings is 3. The van der Waals surface area contributed by atoms with Gasteiger partial charge in [0.05, 0.1) is 25.0 Å². The second-order valence-electron chi connectivity index (χ2n) is 10.8. The molecule has 1 aliphatic heterocycles. The molecule has 0 radical (unpaired) electrons. The number of aliphatic hydroxyl groups excluding tert-OH is 1. The summed E-state index contributed by atoms with van der Waals surface area (Å²) in [6.07, 6.45) is 6.62. The molecule has 5 N–H and O–H groups in total. The number of fused-ring (bicyclic) bond motifs is 1. The van der Waals surface area contributed by atoms with Crippen molar-refractivity contribution in [3.8, 4) is 5.75 Å². The zero-order chi connectivity index (χ0) is 31.3. The minimum absolute atomic E-state index is 0.0147. The van der Waals surface area contributed by atoms with Crippen LogP contribution in [0.25, 0.3) is 0 Å². The number of carbonyl (C=O) groups excluding carboxylic acids is 2. The smallest absolute Gasteiger partial charge is 0.264 e. The summed E-state index contributed by atoms with van der Waals surface area (Å²) < 4.78 is 7.12. The quantitative estimate of drug-likeness (QED) is 0.143. The van der Waals surface area contributed by atoms with E-state index < -0.39 is 17.4 Å². The third-order valence-electron chi connectivity index (χ3n) is 7.76. The second-order valence-corrected chi connectivity index (χ2v) is 10.8. The van der Waals surface area contributed by atoms with Gasteiger partial charge in [0.2, 0.25) is 0 Å². The van der Waals surface area contributed by atoms with Crippen molar-refractivity contribution in [3.05, 3.63) is 107 Å². The van der Waals surface area contributed by atoms with Crippen LogP contribution in [0.4, 0.5) is 17.1 Å². The fourth-order valence-corrected chi connectivity index (χ4v) is 5.25. The van der Waals surface area contributed by atoms with Gasteiger partial charge in [0.1, 0.15) is 5.75 Å². The number of nitrogens with zero attached hydrogens (tertiary/aromatic N) is 4. The lowest BCUT2D eigenvalue weighted by atomic mass is 9.83. The van der Waals surface area contributed by atoms with Crippen LogP contribution in [0.5, 0.6) is 5.75 Å². The number of carbonyl (C=O) groups is 2. The van der Waals surface area contributed by atoms with Gasteiger partial charge in [-0.05, 0) is 66.6 Å². The highest BCUT2D eigenvalue weighted by atomic mass is 16.5. The van der Waals surface area contributed by atoms with E-state index in [0.717, 1.165) is 11.3 Å². The average molecular weight is 597 g/mol. The number of hydrogen-bond acceptors (Lipinski definition) is 8. The molecule has 2 amide bonds. The van der Waals surface area contributed by atoms with E-state index in [0.29, 0.717) is 53.3 Å². The lowest BCUT2D eigenvalue weighted by molar-refractivity contribution is -0.139. The number of anilines is 3. The Balaban J connectivity index is 1.30. The predicted octanol–water partition coefficient (Wildman–Crippen LogP) is 3.67. The number of amides is 2. The van der Waals surface area contributed by atoms with Crippen molar-refractivity contribution >= 4 is 28.9 Å². The number of hydrogen-bond donors (Lipinski definition) is 4. The van der Waals surface area contributed by atoms with Crippen molar-refractivity contribution < 1.29 is 24.5 Å². The Morgan fingerprint density at radius 2 is 1.89 bits per heavy atom. The summed E-state index contributed by atoms with van der Waals surface area (Å²) >= 11 is 0. The molecule has 0 fully saturated rings. The second kappa shape index (κ2) is 13.1. The first-order valence-electron chi connectivity index (χ1n) is 14.4. The maximum atomic E-state index is 13.9. The summed E-state index contributed by atoms with van der Waals surface area (Å²) in [6.45, 7) is 2.63. The van der Waals surface area contributed by atoms with E-state index in [1.807, 2.05) is 31.2 Å². The monoisotopic (exact) mass is 596 g/mol. The van der Waals surface area contributed by atoms with Gasteiger partial charge in [0, 0.05) is 54.2 Å². The zero-order valence-corrected chi connectivity index (χ0v) is 24.7. The number of nitrogens with two attached hydrogens (primary N) is 1. The molecule has 0 spiro atoms. The van der Waals surface area contributed by atoms with E-state index in [1.165, 1.54) is 0 Å². The molecule has 11 nitrogen and oxygen atoms in total. The van der Waals surface area contributed by atoms with Crippen LogP contribution in [0.15, 0.2) is 85.1 Å². The van der Waals surface area contributed by atoms with Gasteiger partial charge in [0.25, 0.3) is 11.8 Å². The molecule has 3 aromatic carbocycles. The highest BCUT2D eigenvalue weighted by molar-refractivity contribution is 6.07. The molecule has 0 saturated heterocycles. The van der Waals surface area contributed by atoms with Gasteiger partial charge >= 0.3 is 0 Å². The topological polar surface area (TPSA) is 156 Å². The molecule has 0 saturated carbocycles. The molecule has 2 heterocycles. The SMILES string of the molecule is COc1ccc2c(c1)[C@](O)([C@@H](C)/C=C/CCn1cc(CCO)nn1)C(=O)N2Cc1ccc(NC(=O)c2ccc(N)cc2)cc1. The molecular weight excluding hydrogens is 560 g/mol. The number of allylic oxidation sites excluding steroid dienone is 1. The first-order chi connectivity index (χ1) is 21.2. The van der Waals surface area contributed by atoms with Crippen LogP contribution in [-0.4, -0.2) is 50.7 Å². The number of aromatic nitrogens is 3. The molecule has 0 aliphatic carbocycles. The lowest BCUT2D eigenvalue weighted by Gasteiger charge is -2.28. The van der Waals surface area contributed by atoms with Gasteiger partial charge in [0.15, 0.2) is 5.60 Å². The molecular formula is C33H36N6O5. The van der Waals surface area contributed by atoms with Gasteiger partial charge in [-0.2, -0.15) is 0 Å². The largest absolute Gasteiger partial charge is 0.497 e. The van der Waals surface area contributed by atoms with E-state index in [-0.39, 0.29) is 19.1 Å². The van der Waals surface area contributed by atoms with Gasteiger partial charge in [-0.25, -0.2) is 0 Å². The lowest BCUT2D eigenvalue weighted by Crippen LogP contribution is -2.44. The molecule has 44 heavy (non-hydrogen) atoms. The molecule has 1 aliphatic rings. The Labute approximate surface area is 255 Å². The molecule has 228 valence electrons. The van der Waals surface area contributed by atoms with E-state index in [2.05, 4.69) is 15.6 Å².